The molecule has 0 radical (unpaired) electrons. The van der Waals surface area contributed by atoms with Crippen LogP contribution in [0.1, 0.15) is 11.1 Å². The minimum Gasteiger partial charge on any atom is -0.452 e. The van der Waals surface area contributed by atoms with Crippen LogP contribution in [-0.2, 0) is 14.3 Å². The summed E-state index contributed by atoms with van der Waals surface area (Å²) >= 11 is 0. The van der Waals surface area contributed by atoms with E-state index in [1.54, 1.807) is 18.2 Å². The van der Waals surface area contributed by atoms with E-state index in [-0.39, 0.29) is 6.61 Å². The number of carbonyl (C=O) groups is 2. The summed E-state index contributed by atoms with van der Waals surface area (Å²) in [6.45, 7) is 1.55. The third-order valence-corrected chi connectivity index (χ3v) is 2.94. The molecule has 0 saturated heterocycles. The minimum absolute atomic E-state index is 0.389. The van der Waals surface area contributed by atoms with Crippen LogP contribution in [0, 0.1) is 12.7 Å². The van der Waals surface area contributed by atoms with E-state index in [1.165, 1.54) is 24.3 Å². The van der Waals surface area contributed by atoms with Crippen LogP contribution in [0.4, 0.5) is 10.1 Å². The van der Waals surface area contributed by atoms with E-state index in [0.29, 0.717) is 11.3 Å². The molecule has 0 saturated carbocycles. The van der Waals surface area contributed by atoms with Crippen molar-refractivity contribution in [2.45, 2.75) is 6.92 Å². The van der Waals surface area contributed by atoms with E-state index in [1.807, 2.05) is 19.1 Å². The Hall–Kier alpha value is -2.95. The zero-order valence-electron chi connectivity index (χ0n) is 12.6. The lowest BCUT2D eigenvalue weighted by atomic mass is 10.2. The van der Waals surface area contributed by atoms with Gasteiger partial charge >= 0.3 is 5.97 Å². The van der Waals surface area contributed by atoms with Crippen molar-refractivity contribution in [2.75, 3.05) is 11.9 Å². The molecule has 0 spiro atoms. The average molecular weight is 313 g/mol. The molecule has 23 heavy (non-hydrogen) atoms. The summed E-state index contributed by atoms with van der Waals surface area (Å²) in [5, 5.41) is 2.62. The molecule has 2 rings (SSSR count). The SMILES string of the molecule is Cc1ccc(NC(=O)COC(=O)C=Cc2cccc(F)c2)cc1. The fourth-order valence-corrected chi connectivity index (χ4v) is 1.79. The number of esters is 1. The number of ether oxygens (including phenoxy) is 1. The molecule has 0 bridgehead atoms. The van der Waals surface area contributed by atoms with Crippen LogP contribution in [0.3, 0.4) is 0 Å². The maximum absolute atomic E-state index is 13.0. The first-order valence-corrected chi connectivity index (χ1v) is 7.00. The first-order chi connectivity index (χ1) is 11.0. The Balaban J connectivity index is 1.79. The standard InChI is InChI=1S/C18H16FNO3/c1-13-5-8-16(9-6-13)20-17(21)12-23-18(22)10-7-14-3-2-4-15(19)11-14/h2-11H,12H2,1H3,(H,20,21). The summed E-state index contributed by atoms with van der Waals surface area (Å²) in [5.74, 6) is -1.49. The van der Waals surface area contributed by atoms with Crippen LogP contribution in [0.15, 0.2) is 54.6 Å². The Bertz CT molecular complexity index is 723. The number of anilines is 1. The highest BCUT2D eigenvalue weighted by atomic mass is 19.1. The summed E-state index contributed by atoms with van der Waals surface area (Å²) in [6, 6.07) is 13.0. The van der Waals surface area contributed by atoms with Crippen molar-refractivity contribution in [3.8, 4) is 0 Å². The minimum atomic E-state index is -0.673. The van der Waals surface area contributed by atoms with Gasteiger partial charge in [-0.25, -0.2) is 9.18 Å². The molecule has 0 fully saturated rings. The van der Waals surface area contributed by atoms with E-state index >= 15 is 0 Å². The van der Waals surface area contributed by atoms with Crippen molar-refractivity contribution < 1.29 is 18.7 Å². The first-order valence-electron chi connectivity index (χ1n) is 7.00. The van der Waals surface area contributed by atoms with Gasteiger partial charge in [-0.1, -0.05) is 29.8 Å². The first kappa shape index (κ1) is 16.4. The van der Waals surface area contributed by atoms with Crippen LogP contribution in [0.25, 0.3) is 6.08 Å². The molecule has 118 valence electrons. The average Bonchev–Trinajstić information content (AvgIpc) is 2.53. The lowest BCUT2D eigenvalue weighted by Gasteiger charge is -2.05. The highest BCUT2D eigenvalue weighted by Gasteiger charge is 2.05. The molecule has 2 aromatic rings. The second kappa shape index (κ2) is 7.89. The fraction of sp³-hybridized carbons (Fsp3) is 0.111. The summed E-state index contributed by atoms with van der Waals surface area (Å²) in [4.78, 5) is 23.2. The number of hydrogen-bond donors (Lipinski definition) is 1. The van der Waals surface area contributed by atoms with Gasteiger partial charge < -0.3 is 10.1 Å². The molecule has 0 unspecified atom stereocenters. The number of aryl methyl sites for hydroxylation is 1. The Labute approximate surface area is 133 Å². The number of carbonyl (C=O) groups excluding carboxylic acids is 2. The van der Waals surface area contributed by atoms with E-state index in [2.05, 4.69) is 5.32 Å². The van der Waals surface area contributed by atoms with Crippen LogP contribution in [-0.4, -0.2) is 18.5 Å². The Morgan fingerprint density at radius 1 is 1.17 bits per heavy atom. The molecule has 0 atom stereocenters. The van der Waals surface area contributed by atoms with Crippen molar-refractivity contribution in [3.63, 3.8) is 0 Å². The molecule has 0 aliphatic heterocycles. The van der Waals surface area contributed by atoms with Gasteiger partial charge in [0.2, 0.25) is 0 Å². The quantitative estimate of drug-likeness (QED) is 0.680. The number of halogens is 1. The maximum atomic E-state index is 13.0. The highest BCUT2D eigenvalue weighted by molar-refractivity contribution is 5.94. The molecule has 1 N–H and O–H groups in total. The maximum Gasteiger partial charge on any atom is 0.331 e. The number of hydrogen-bond acceptors (Lipinski definition) is 3. The molecular formula is C18H16FNO3. The van der Waals surface area contributed by atoms with Crippen LogP contribution in [0.2, 0.25) is 0 Å². The Morgan fingerprint density at radius 3 is 2.61 bits per heavy atom. The van der Waals surface area contributed by atoms with E-state index in [9.17, 15) is 14.0 Å². The molecule has 2 aromatic carbocycles. The lowest BCUT2D eigenvalue weighted by molar-refractivity contribution is -0.142. The largest absolute Gasteiger partial charge is 0.452 e. The molecular weight excluding hydrogens is 297 g/mol. The van der Waals surface area contributed by atoms with Gasteiger partial charge in [-0.05, 0) is 42.8 Å². The Morgan fingerprint density at radius 2 is 1.91 bits per heavy atom. The summed E-state index contributed by atoms with van der Waals surface area (Å²) in [5.41, 5.74) is 2.25. The third kappa shape index (κ3) is 5.74. The predicted molar refractivity (Wildman–Crippen MR) is 86.2 cm³/mol. The van der Waals surface area contributed by atoms with Crippen LogP contribution < -0.4 is 5.32 Å². The van der Waals surface area contributed by atoms with E-state index in [0.717, 1.165) is 11.6 Å². The van der Waals surface area contributed by atoms with E-state index in [4.69, 9.17) is 4.74 Å². The number of benzene rings is 2. The van der Waals surface area contributed by atoms with Gasteiger partial charge in [-0.15, -0.1) is 0 Å². The normalized spacial score (nSPS) is 10.5. The van der Waals surface area contributed by atoms with E-state index < -0.39 is 17.7 Å². The number of nitrogens with one attached hydrogen (secondary N) is 1. The second-order valence-electron chi connectivity index (χ2n) is 4.91. The monoisotopic (exact) mass is 313 g/mol. The van der Waals surface area contributed by atoms with Gasteiger partial charge in [0.15, 0.2) is 6.61 Å². The van der Waals surface area contributed by atoms with Crippen molar-refractivity contribution in [1.29, 1.82) is 0 Å². The number of amides is 1. The zero-order chi connectivity index (χ0) is 16.7. The molecule has 4 nitrogen and oxygen atoms in total. The predicted octanol–water partition coefficient (Wildman–Crippen LogP) is 3.33. The topological polar surface area (TPSA) is 55.4 Å². The lowest BCUT2D eigenvalue weighted by Crippen LogP contribution is -2.20. The van der Waals surface area contributed by atoms with Gasteiger partial charge in [0.25, 0.3) is 5.91 Å². The van der Waals surface area contributed by atoms with Crippen molar-refractivity contribution in [1.82, 2.24) is 0 Å². The molecule has 0 aliphatic carbocycles. The smallest absolute Gasteiger partial charge is 0.331 e. The van der Waals surface area contributed by atoms with Gasteiger partial charge in [0, 0.05) is 11.8 Å². The zero-order valence-corrected chi connectivity index (χ0v) is 12.6. The van der Waals surface area contributed by atoms with Crippen molar-refractivity contribution in [3.05, 3.63) is 71.6 Å². The second-order valence-corrected chi connectivity index (χ2v) is 4.91. The van der Waals surface area contributed by atoms with Crippen molar-refractivity contribution in [2.24, 2.45) is 0 Å². The summed E-state index contributed by atoms with van der Waals surface area (Å²) in [6.07, 6.45) is 2.57. The van der Waals surface area contributed by atoms with Gasteiger partial charge in [-0.2, -0.15) is 0 Å². The van der Waals surface area contributed by atoms with Gasteiger partial charge in [0.05, 0.1) is 0 Å². The Kier molecular flexibility index (Phi) is 5.63. The van der Waals surface area contributed by atoms with Crippen LogP contribution in [0.5, 0.6) is 0 Å². The molecule has 0 aliphatic rings. The van der Waals surface area contributed by atoms with Gasteiger partial charge in [-0.3, -0.25) is 4.79 Å². The summed E-state index contributed by atoms with van der Waals surface area (Å²) in [7, 11) is 0. The molecule has 0 heterocycles. The fourth-order valence-electron chi connectivity index (χ4n) is 1.79. The molecule has 5 heteroatoms. The van der Waals surface area contributed by atoms with Crippen molar-refractivity contribution >= 4 is 23.6 Å². The molecule has 0 aromatic heterocycles. The van der Waals surface area contributed by atoms with Crippen LogP contribution >= 0.6 is 0 Å². The number of rotatable bonds is 5. The third-order valence-electron chi connectivity index (χ3n) is 2.94. The highest BCUT2D eigenvalue weighted by Crippen LogP contribution is 2.08. The summed E-state index contributed by atoms with van der Waals surface area (Å²) < 4.78 is 17.8. The van der Waals surface area contributed by atoms with Gasteiger partial charge in [0.1, 0.15) is 5.82 Å². The molecule has 1 amide bonds.